The zero-order chi connectivity index (χ0) is 40.1. The second-order valence-corrected chi connectivity index (χ2v) is 16.6. The predicted octanol–water partition coefficient (Wildman–Crippen LogP) is 8.01. The molecule has 4 amide bonds. The predicted molar refractivity (Wildman–Crippen MR) is 227 cm³/mol. The van der Waals surface area contributed by atoms with Crippen LogP contribution in [0, 0.1) is 0 Å². The lowest BCUT2D eigenvalue weighted by atomic mass is 9.95. The molecule has 3 aromatic carbocycles. The Morgan fingerprint density at radius 2 is 1.47 bits per heavy atom. The minimum absolute atomic E-state index is 0.142. The van der Waals surface area contributed by atoms with E-state index < -0.39 is 12.1 Å². The van der Waals surface area contributed by atoms with Gasteiger partial charge in [-0.1, -0.05) is 92.7 Å². The maximum Gasteiger partial charge on any atom is 0.407 e. The van der Waals surface area contributed by atoms with Crippen LogP contribution >= 0.6 is 22.7 Å². The number of nitrogens with one attached hydrogen (secondary N) is 3. The number of amides is 4. The molecule has 0 spiro atoms. The molecule has 57 heavy (non-hydrogen) atoms. The van der Waals surface area contributed by atoms with Gasteiger partial charge in [0.2, 0.25) is 5.91 Å². The Bertz CT molecular complexity index is 2190. The summed E-state index contributed by atoms with van der Waals surface area (Å²) in [4.78, 5) is 52.6. The fraction of sp³-hybridized carbons (Fsp3) is 0.341. The van der Waals surface area contributed by atoms with E-state index in [1.807, 2.05) is 108 Å². The Balaban J connectivity index is 1.21. The van der Waals surface area contributed by atoms with Crippen molar-refractivity contribution >= 4 is 51.6 Å². The largest absolute Gasteiger partial charge is 0.444 e. The SMILES string of the molecule is CC(C)c1nc(CN(C)C(=O)NC(Cc2cn(C)c3ccccc23)C(=O)NC(CCC(Cc2ccccc2)NC(=O)OCc2cncs2)Cc2ccccc2)cs1. The van der Waals surface area contributed by atoms with Crippen molar-refractivity contribution in [3.63, 3.8) is 0 Å². The molecule has 0 bridgehead atoms. The Morgan fingerprint density at radius 3 is 2.11 bits per heavy atom. The van der Waals surface area contributed by atoms with Crippen molar-refractivity contribution in [2.75, 3.05) is 7.05 Å². The molecule has 298 valence electrons. The molecule has 11 nitrogen and oxygen atoms in total. The van der Waals surface area contributed by atoms with Crippen LogP contribution in [0.5, 0.6) is 0 Å². The highest BCUT2D eigenvalue weighted by molar-refractivity contribution is 7.09. The van der Waals surface area contributed by atoms with Gasteiger partial charge in [0.25, 0.3) is 0 Å². The smallest absolute Gasteiger partial charge is 0.407 e. The number of urea groups is 1. The Labute approximate surface area is 342 Å². The molecule has 3 aromatic heterocycles. The van der Waals surface area contributed by atoms with Crippen LogP contribution < -0.4 is 16.0 Å². The van der Waals surface area contributed by atoms with Crippen LogP contribution in [0.3, 0.4) is 0 Å². The summed E-state index contributed by atoms with van der Waals surface area (Å²) in [5, 5.41) is 13.5. The molecule has 0 fully saturated rings. The summed E-state index contributed by atoms with van der Waals surface area (Å²) in [6.07, 6.45) is 5.79. The molecule has 6 rings (SSSR count). The number of alkyl carbamates (subject to hydrolysis) is 1. The highest BCUT2D eigenvalue weighted by Crippen LogP contribution is 2.23. The first-order valence-electron chi connectivity index (χ1n) is 19.3. The number of fused-ring (bicyclic) bond motifs is 1. The third-order valence-electron chi connectivity index (χ3n) is 9.84. The minimum Gasteiger partial charge on any atom is -0.444 e. The molecule has 6 aromatic rings. The van der Waals surface area contributed by atoms with Crippen LogP contribution in [0.15, 0.2) is 108 Å². The van der Waals surface area contributed by atoms with E-state index in [9.17, 15) is 14.4 Å². The maximum absolute atomic E-state index is 14.5. The molecule has 3 N–H and O–H groups in total. The first kappa shape index (κ1) is 41.1. The van der Waals surface area contributed by atoms with Crippen molar-refractivity contribution in [1.29, 1.82) is 0 Å². The molecule has 3 unspecified atom stereocenters. The van der Waals surface area contributed by atoms with Crippen molar-refractivity contribution in [1.82, 2.24) is 35.4 Å². The van der Waals surface area contributed by atoms with E-state index in [1.54, 1.807) is 35.0 Å². The highest BCUT2D eigenvalue weighted by Gasteiger charge is 2.28. The summed E-state index contributed by atoms with van der Waals surface area (Å²) in [5.41, 5.74) is 6.67. The molecule has 13 heteroatoms. The molecule has 0 aliphatic heterocycles. The first-order valence-corrected chi connectivity index (χ1v) is 21.0. The molecule has 0 saturated heterocycles. The van der Waals surface area contributed by atoms with Gasteiger partial charge in [-0.15, -0.1) is 22.7 Å². The molecule has 0 aliphatic carbocycles. The zero-order valence-electron chi connectivity index (χ0n) is 32.9. The number of thiazole rings is 2. The van der Waals surface area contributed by atoms with Gasteiger partial charge in [0.05, 0.1) is 27.6 Å². The maximum atomic E-state index is 14.5. The zero-order valence-corrected chi connectivity index (χ0v) is 34.5. The third kappa shape index (κ3) is 12.0. The fourth-order valence-electron chi connectivity index (χ4n) is 6.86. The first-order chi connectivity index (χ1) is 27.6. The molecule has 0 saturated carbocycles. The van der Waals surface area contributed by atoms with Gasteiger partial charge in [-0.05, 0) is 48.4 Å². The van der Waals surface area contributed by atoms with Crippen molar-refractivity contribution in [2.45, 2.75) is 83.1 Å². The van der Waals surface area contributed by atoms with E-state index >= 15 is 0 Å². The number of carbonyl (C=O) groups excluding carboxylic acids is 3. The van der Waals surface area contributed by atoms with Crippen molar-refractivity contribution in [3.05, 3.63) is 140 Å². The van der Waals surface area contributed by atoms with Gasteiger partial charge in [0, 0.05) is 67.2 Å². The van der Waals surface area contributed by atoms with Gasteiger partial charge in [0.1, 0.15) is 12.6 Å². The van der Waals surface area contributed by atoms with Crippen LogP contribution in [-0.4, -0.2) is 62.6 Å². The van der Waals surface area contributed by atoms with Crippen LogP contribution in [0.2, 0.25) is 0 Å². The summed E-state index contributed by atoms with van der Waals surface area (Å²) in [5.74, 6) is 0.0192. The number of benzene rings is 3. The van der Waals surface area contributed by atoms with E-state index in [0.717, 1.165) is 43.2 Å². The number of hydrogen-bond donors (Lipinski definition) is 3. The molecular weight excluding hydrogens is 755 g/mol. The van der Waals surface area contributed by atoms with Gasteiger partial charge in [-0.25, -0.2) is 14.6 Å². The highest BCUT2D eigenvalue weighted by atomic mass is 32.1. The second-order valence-electron chi connectivity index (χ2n) is 14.7. The van der Waals surface area contributed by atoms with Crippen LogP contribution in [0.1, 0.15) is 64.9 Å². The van der Waals surface area contributed by atoms with Crippen molar-refractivity contribution in [3.8, 4) is 0 Å². The van der Waals surface area contributed by atoms with Gasteiger partial charge < -0.3 is 30.2 Å². The Hall–Kier alpha value is -5.53. The molecule has 0 radical (unpaired) electrons. The summed E-state index contributed by atoms with van der Waals surface area (Å²) in [6, 6.07) is 26.3. The van der Waals surface area contributed by atoms with Gasteiger partial charge in [-0.2, -0.15) is 0 Å². The monoisotopic (exact) mass is 805 g/mol. The molecule has 3 atom stereocenters. The number of hydrogen-bond acceptors (Lipinski definition) is 8. The summed E-state index contributed by atoms with van der Waals surface area (Å²) >= 11 is 3.02. The number of ether oxygens (including phenoxy) is 1. The van der Waals surface area contributed by atoms with E-state index in [-0.39, 0.29) is 30.6 Å². The lowest BCUT2D eigenvalue weighted by Gasteiger charge is -2.27. The van der Waals surface area contributed by atoms with Crippen molar-refractivity contribution in [2.24, 2.45) is 7.05 Å². The standard InChI is InChI=1S/C44H51N7O4S2/c1-30(2)42-47-36(28-56-42)26-51(4)43(53)49-39(23-33-25-50(3)40-18-12-11-17-38(33)40)41(52)46-34(21-31-13-7-5-8-14-31)19-20-35(22-32-15-9-6-10-16-32)48-44(54)55-27-37-24-45-29-57-37/h5-18,24-25,28-30,34-35,39H,19-23,26-27H2,1-4H3,(H,46,52)(H,48,54)(H,49,53). The number of nitrogens with zero attached hydrogens (tertiary/aromatic N) is 4. The average Bonchev–Trinajstić information content (AvgIpc) is 3.98. The third-order valence-corrected chi connectivity index (χ3v) is 11.8. The van der Waals surface area contributed by atoms with Gasteiger partial charge >= 0.3 is 12.1 Å². The Kier molecular flexibility index (Phi) is 14.5. The molecular formula is C44H51N7O4S2. The normalized spacial score (nSPS) is 12.9. The fourth-order valence-corrected chi connectivity index (χ4v) is 8.19. The number of rotatable bonds is 18. The van der Waals surface area contributed by atoms with Crippen LogP contribution in [0.25, 0.3) is 10.9 Å². The number of aromatic nitrogens is 3. The van der Waals surface area contributed by atoms with Crippen molar-refractivity contribution < 1.29 is 19.1 Å². The number of carbonyl (C=O) groups is 3. The lowest BCUT2D eigenvalue weighted by Crippen LogP contribution is -2.53. The van der Waals surface area contributed by atoms with E-state index in [0.29, 0.717) is 44.6 Å². The van der Waals surface area contributed by atoms with E-state index in [4.69, 9.17) is 9.72 Å². The van der Waals surface area contributed by atoms with E-state index in [2.05, 4.69) is 34.8 Å². The molecule has 0 aliphatic rings. The quantitative estimate of drug-likeness (QED) is 0.0808. The summed E-state index contributed by atoms with van der Waals surface area (Å²) in [7, 11) is 3.70. The van der Waals surface area contributed by atoms with Crippen LogP contribution in [-0.2, 0) is 49.0 Å². The number of aryl methyl sites for hydroxylation is 1. The second kappa shape index (κ2) is 20.1. The minimum atomic E-state index is -0.870. The van der Waals surface area contributed by atoms with Gasteiger partial charge in [0.15, 0.2) is 0 Å². The Morgan fingerprint density at radius 1 is 0.825 bits per heavy atom. The molecule has 3 heterocycles. The van der Waals surface area contributed by atoms with Crippen LogP contribution in [0.4, 0.5) is 9.59 Å². The number of para-hydroxylation sites is 1. The lowest BCUT2D eigenvalue weighted by molar-refractivity contribution is -0.123. The van der Waals surface area contributed by atoms with Gasteiger partial charge in [-0.3, -0.25) is 9.78 Å². The summed E-state index contributed by atoms with van der Waals surface area (Å²) < 4.78 is 7.59. The van der Waals surface area contributed by atoms with E-state index in [1.165, 1.54) is 11.3 Å². The topological polar surface area (TPSA) is 130 Å². The summed E-state index contributed by atoms with van der Waals surface area (Å²) in [6.45, 7) is 4.65. The average molecular weight is 806 g/mol.